The van der Waals surface area contributed by atoms with Crippen LogP contribution in [0.2, 0.25) is 0 Å². The van der Waals surface area contributed by atoms with Gasteiger partial charge in [-0.05, 0) is 45.4 Å². The van der Waals surface area contributed by atoms with Crippen LogP contribution in [-0.4, -0.2) is 78.7 Å². The highest BCUT2D eigenvalue weighted by molar-refractivity contribution is 7.51. The largest absolute Gasteiger partial charge is 0.774 e. The van der Waals surface area contributed by atoms with Gasteiger partial charge in [0.25, 0.3) is 0 Å². The minimum absolute atomic E-state index is 0.00322. The SMILES string of the molecule is CCCCCCCC/C=C\CCCCCCCC(=O)O[C@H](COC(=O)CCCCCCCCCCCCCCCCC)COP(=O)([O-])C(C)[N+](C)(C)CCC(O)O. The molecule has 0 bridgehead atoms. The summed E-state index contributed by atoms with van der Waals surface area (Å²) < 4.78 is 29.6. The van der Waals surface area contributed by atoms with E-state index in [4.69, 9.17) is 14.0 Å². The second-order valence-corrected chi connectivity index (χ2v) is 19.2. The second-order valence-electron chi connectivity index (χ2n) is 17.1. The van der Waals surface area contributed by atoms with Crippen LogP contribution in [0.25, 0.3) is 0 Å². The van der Waals surface area contributed by atoms with Crippen LogP contribution in [-0.2, 0) is 28.2 Å². The number of carbonyl (C=O) groups excluding carboxylic acids is 2. The lowest BCUT2D eigenvalue weighted by atomic mass is 10.0. The van der Waals surface area contributed by atoms with Gasteiger partial charge in [-0.3, -0.25) is 9.59 Å². The summed E-state index contributed by atoms with van der Waals surface area (Å²) in [6.45, 7) is 5.46. The lowest BCUT2D eigenvalue weighted by Crippen LogP contribution is -2.50. The van der Waals surface area contributed by atoms with Crippen molar-refractivity contribution in [1.29, 1.82) is 0 Å². The van der Waals surface area contributed by atoms with E-state index in [0.717, 1.165) is 57.8 Å². The summed E-state index contributed by atoms with van der Waals surface area (Å²) in [6.07, 6.45) is 36.0. The summed E-state index contributed by atoms with van der Waals surface area (Å²) >= 11 is 0. The molecule has 0 rings (SSSR count). The fourth-order valence-electron chi connectivity index (χ4n) is 6.91. The minimum atomic E-state index is -4.49. The van der Waals surface area contributed by atoms with Crippen LogP contribution >= 0.6 is 7.60 Å². The van der Waals surface area contributed by atoms with Gasteiger partial charge in [0.15, 0.2) is 20.0 Å². The van der Waals surface area contributed by atoms with Crippen molar-refractivity contribution in [2.75, 3.05) is 33.9 Å². The van der Waals surface area contributed by atoms with E-state index < -0.39 is 44.3 Å². The third-order valence-corrected chi connectivity index (χ3v) is 13.3. The molecule has 0 aromatic carbocycles. The number of nitrogens with zero attached hydrogens (tertiary/aromatic N) is 1. The summed E-state index contributed by atoms with van der Waals surface area (Å²) in [6, 6.07) is 0. The molecule has 0 amide bonds. The first-order valence-corrected chi connectivity index (χ1v) is 25.1. The highest BCUT2D eigenvalue weighted by Crippen LogP contribution is 2.46. The van der Waals surface area contributed by atoms with Crippen LogP contribution in [0.3, 0.4) is 0 Å². The molecule has 0 aromatic heterocycles. The van der Waals surface area contributed by atoms with Crippen LogP contribution in [0.15, 0.2) is 12.2 Å². The van der Waals surface area contributed by atoms with Crippen molar-refractivity contribution < 1.29 is 47.7 Å². The number of unbranched alkanes of at least 4 members (excludes halogenated alkanes) is 25. The molecule has 0 fully saturated rings. The third kappa shape index (κ3) is 35.2. The molecule has 0 radical (unpaired) electrons. The lowest BCUT2D eigenvalue weighted by molar-refractivity contribution is -0.902. The van der Waals surface area contributed by atoms with Gasteiger partial charge >= 0.3 is 11.9 Å². The van der Waals surface area contributed by atoms with Gasteiger partial charge in [-0.25, -0.2) is 0 Å². The predicted molar refractivity (Wildman–Crippen MR) is 233 cm³/mol. The van der Waals surface area contributed by atoms with Gasteiger partial charge in [-0.15, -0.1) is 0 Å². The first-order valence-electron chi connectivity index (χ1n) is 23.5. The standard InChI is InChI=1S/C46H90NO9P/c1-6-8-10-12-14-16-18-20-22-24-26-28-30-32-34-36-45(50)54-40-43(41-55-57(52,53)42(3)47(4,5)39-38-44(48)49)56-46(51)37-35-33-31-29-27-25-23-21-19-17-15-13-11-9-7-2/h21,23,42-44,48-49H,6-20,22,24-41H2,1-5H3/b23-21-/t42?,43-/m1/s1. The van der Waals surface area contributed by atoms with Crippen molar-refractivity contribution in [3.8, 4) is 0 Å². The Balaban J connectivity index is 4.60. The van der Waals surface area contributed by atoms with Crippen molar-refractivity contribution >= 4 is 19.5 Å². The molecule has 0 heterocycles. The van der Waals surface area contributed by atoms with E-state index in [2.05, 4.69) is 26.0 Å². The Morgan fingerprint density at radius 2 is 1.00 bits per heavy atom. The van der Waals surface area contributed by atoms with E-state index >= 15 is 0 Å². The van der Waals surface area contributed by atoms with Crippen molar-refractivity contribution in [3.05, 3.63) is 12.2 Å². The number of carbonyl (C=O) groups is 2. The van der Waals surface area contributed by atoms with Gasteiger partial charge in [0.1, 0.15) is 12.4 Å². The zero-order chi connectivity index (χ0) is 42.5. The first kappa shape index (κ1) is 55.7. The van der Waals surface area contributed by atoms with Gasteiger partial charge < -0.3 is 38.2 Å². The Kier molecular flexibility index (Phi) is 36.8. The van der Waals surface area contributed by atoms with E-state index in [1.54, 1.807) is 14.1 Å². The van der Waals surface area contributed by atoms with Gasteiger partial charge in [0.05, 0.1) is 27.2 Å². The van der Waals surface area contributed by atoms with Crippen LogP contribution < -0.4 is 4.89 Å². The summed E-state index contributed by atoms with van der Waals surface area (Å²) in [5.74, 6) is -1.88. The van der Waals surface area contributed by atoms with Gasteiger partial charge in [0, 0.05) is 19.3 Å². The molecule has 0 aliphatic carbocycles. The quantitative estimate of drug-likeness (QED) is 0.0153. The highest BCUT2D eigenvalue weighted by Gasteiger charge is 2.35. The number of ether oxygens (including phenoxy) is 2. The van der Waals surface area contributed by atoms with E-state index in [9.17, 15) is 29.3 Å². The molecular formula is C46H90NO9P. The van der Waals surface area contributed by atoms with Crippen molar-refractivity contribution in [3.63, 3.8) is 0 Å². The summed E-state index contributed by atoms with van der Waals surface area (Å²) in [5, 5.41) is 18.6. The Bertz CT molecular complexity index is 1020. The topological polar surface area (TPSA) is 142 Å². The molecule has 0 aliphatic rings. The Hall–Kier alpha value is -1.29. The van der Waals surface area contributed by atoms with Gasteiger partial charge in [-0.1, -0.05) is 167 Å². The van der Waals surface area contributed by atoms with Gasteiger partial charge in [0.2, 0.25) is 0 Å². The lowest BCUT2D eigenvalue weighted by Gasteiger charge is -2.42. The molecule has 0 saturated heterocycles. The predicted octanol–water partition coefficient (Wildman–Crippen LogP) is 11.4. The number of aliphatic hydroxyl groups is 2. The molecule has 0 spiro atoms. The van der Waals surface area contributed by atoms with Crippen molar-refractivity contribution in [2.24, 2.45) is 0 Å². The monoisotopic (exact) mass is 832 g/mol. The molecule has 2 unspecified atom stereocenters. The molecule has 338 valence electrons. The number of allylic oxidation sites excluding steroid dienone is 2. The normalized spacial score (nSPS) is 14.3. The minimum Gasteiger partial charge on any atom is -0.774 e. The number of aliphatic hydroxyl groups excluding tert-OH is 1. The molecule has 11 heteroatoms. The molecule has 0 aromatic rings. The van der Waals surface area contributed by atoms with E-state index in [1.165, 1.54) is 122 Å². The third-order valence-electron chi connectivity index (χ3n) is 11.2. The molecule has 57 heavy (non-hydrogen) atoms. The maximum Gasteiger partial charge on any atom is 0.306 e. The van der Waals surface area contributed by atoms with E-state index in [0.29, 0.717) is 6.42 Å². The molecule has 10 nitrogen and oxygen atoms in total. The maximum absolute atomic E-state index is 13.2. The Morgan fingerprint density at radius 3 is 1.42 bits per heavy atom. The Morgan fingerprint density at radius 1 is 0.614 bits per heavy atom. The van der Waals surface area contributed by atoms with E-state index in [-0.39, 0.29) is 36.9 Å². The van der Waals surface area contributed by atoms with Gasteiger partial charge in [-0.2, -0.15) is 0 Å². The van der Waals surface area contributed by atoms with Crippen LogP contribution in [0, 0.1) is 0 Å². The zero-order valence-electron chi connectivity index (χ0n) is 37.6. The molecule has 3 atom stereocenters. The number of hydrogen-bond acceptors (Lipinski definition) is 9. The average Bonchev–Trinajstić information content (AvgIpc) is 3.17. The zero-order valence-corrected chi connectivity index (χ0v) is 38.5. The summed E-state index contributed by atoms with van der Waals surface area (Å²) in [4.78, 5) is 38.6. The number of hydrogen-bond donors (Lipinski definition) is 2. The Labute approximate surface area is 350 Å². The number of quaternary nitrogens is 1. The van der Waals surface area contributed by atoms with Crippen LogP contribution in [0.4, 0.5) is 0 Å². The summed E-state index contributed by atoms with van der Waals surface area (Å²) in [7, 11) is -1.14. The molecule has 2 N–H and O–H groups in total. The second kappa shape index (κ2) is 37.7. The fourth-order valence-corrected chi connectivity index (χ4v) is 8.38. The molecular weight excluding hydrogens is 741 g/mol. The smallest absolute Gasteiger partial charge is 0.306 e. The van der Waals surface area contributed by atoms with Crippen LogP contribution in [0.5, 0.6) is 0 Å². The fraction of sp³-hybridized carbons (Fsp3) is 0.913. The highest BCUT2D eigenvalue weighted by atomic mass is 31.2. The number of rotatable bonds is 42. The summed E-state index contributed by atoms with van der Waals surface area (Å²) in [5.41, 5.74) is 0. The van der Waals surface area contributed by atoms with Crippen molar-refractivity contribution in [1.82, 2.24) is 0 Å². The molecule has 0 saturated carbocycles. The molecule has 0 aliphatic heterocycles. The average molecular weight is 832 g/mol. The van der Waals surface area contributed by atoms with E-state index in [1.807, 2.05) is 0 Å². The first-order chi connectivity index (χ1) is 27.4. The number of esters is 2. The maximum atomic E-state index is 13.2. The van der Waals surface area contributed by atoms with Crippen molar-refractivity contribution in [2.45, 2.75) is 238 Å². The van der Waals surface area contributed by atoms with Crippen LogP contribution in [0.1, 0.15) is 220 Å².